The highest BCUT2D eigenvalue weighted by Gasteiger charge is 2.15. The Bertz CT molecular complexity index is 352. The number of hydrogen-bond acceptors (Lipinski definition) is 3. The minimum absolute atomic E-state index is 0.260. The normalized spacial score (nSPS) is 10.0. The average Bonchev–Trinajstić information content (AvgIpc) is 2.07. The lowest BCUT2D eigenvalue weighted by Crippen LogP contribution is -1.99. The summed E-state index contributed by atoms with van der Waals surface area (Å²) in [7, 11) is 0. The highest BCUT2D eigenvalue weighted by molar-refractivity contribution is 5.54. The summed E-state index contributed by atoms with van der Waals surface area (Å²) in [5.41, 5.74) is 5.74. The fraction of sp³-hybridized carbons (Fsp3) is 0.250. The number of halogens is 1. The fourth-order valence-corrected chi connectivity index (χ4v) is 1.07. The monoisotopic (exact) mass is 184 g/mol. The van der Waals surface area contributed by atoms with Gasteiger partial charge in [0, 0.05) is 11.8 Å². The maximum absolute atomic E-state index is 13.0. The smallest absolute Gasteiger partial charge is 0.306 e. The first kappa shape index (κ1) is 9.44. The van der Waals surface area contributed by atoms with E-state index < -0.39 is 16.4 Å². The zero-order chi connectivity index (χ0) is 10.0. The Morgan fingerprint density at radius 2 is 2.23 bits per heavy atom. The third kappa shape index (κ3) is 1.74. The summed E-state index contributed by atoms with van der Waals surface area (Å²) in [5, 5.41) is 10.3. The SMILES string of the molecule is CCc1cc(F)c([N+](=O)[O-])cc1N. The summed E-state index contributed by atoms with van der Waals surface area (Å²) in [6, 6.07) is 2.15. The highest BCUT2D eigenvalue weighted by atomic mass is 19.1. The van der Waals surface area contributed by atoms with Crippen LogP contribution in [0.25, 0.3) is 0 Å². The van der Waals surface area contributed by atoms with Crippen molar-refractivity contribution >= 4 is 11.4 Å². The largest absolute Gasteiger partial charge is 0.398 e. The van der Waals surface area contributed by atoms with Crippen LogP contribution in [-0.4, -0.2) is 4.92 Å². The predicted octanol–water partition coefficient (Wildman–Crippen LogP) is 1.88. The summed E-state index contributed by atoms with van der Waals surface area (Å²) in [6.45, 7) is 1.80. The van der Waals surface area contributed by atoms with Crippen molar-refractivity contribution in [2.45, 2.75) is 13.3 Å². The molecule has 0 unspecified atom stereocenters. The second-order valence-electron chi connectivity index (χ2n) is 2.61. The van der Waals surface area contributed by atoms with E-state index in [-0.39, 0.29) is 5.69 Å². The van der Waals surface area contributed by atoms with Gasteiger partial charge in [-0.05, 0) is 18.1 Å². The molecule has 13 heavy (non-hydrogen) atoms. The van der Waals surface area contributed by atoms with Crippen molar-refractivity contribution in [1.29, 1.82) is 0 Å². The molecule has 0 bridgehead atoms. The Hall–Kier alpha value is -1.65. The van der Waals surface area contributed by atoms with Crippen LogP contribution in [-0.2, 0) is 6.42 Å². The number of nitrogen functional groups attached to an aromatic ring is 1. The van der Waals surface area contributed by atoms with E-state index >= 15 is 0 Å². The Morgan fingerprint density at radius 1 is 1.62 bits per heavy atom. The van der Waals surface area contributed by atoms with Crippen LogP contribution >= 0.6 is 0 Å². The molecule has 1 aromatic rings. The topological polar surface area (TPSA) is 69.2 Å². The zero-order valence-electron chi connectivity index (χ0n) is 7.08. The molecule has 0 radical (unpaired) electrons. The van der Waals surface area contributed by atoms with E-state index in [4.69, 9.17) is 5.73 Å². The Morgan fingerprint density at radius 3 is 2.69 bits per heavy atom. The number of hydrogen-bond donors (Lipinski definition) is 1. The number of nitrogens with zero attached hydrogens (tertiary/aromatic N) is 1. The number of rotatable bonds is 2. The number of benzene rings is 1. The molecule has 0 spiro atoms. The number of nitro groups is 1. The molecule has 0 amide bonds. The Balaban J connectivity index is 3.28. The zero-order valence-corrected chi connectivity index (χ0v) is 7.08. The predicted molar refractivity (Wildman–Crippen MR) is 46.8 cm³/mol. The minimum Gasteiger partial charge on any atom is -0.398 e. The van der Waals surface area contributed by atoms with Crippen molar-refractivity contribution in [3.8, 4) is 0 Å². The number of aryl methyl sites for hydroxylation is 1. The summed E-state index contributed by atoms with van der Waals surface area (Å²) >= 11 is 0. The molecule has 0 aliphatic heterocycles. The Kier molecular flexibility index (Phi) is 2.46. The summed E-state index contributed by atoms with van der Waals surface area (Å²) in [5.74, 6) is -0.837. The summed E-state index contributed by atoms with van der Waals surface area (Å²) < 4.78 is 13.0. The van der Waals surface area contributed by atoms with Crippen LogP contribution < -0.4 is 5.73 Å². The van der Waals surface area contributed by atoms with Gasteiger partial charge in [0.1, 0.15) is 0 Å². The van der Waals surface area contributed by atoms with Crippen LogP contribution in [0.3, 0.4) is 0 Å². The van der Waals surface area contributed by atoms with Gasteiger partial charge in [0.05, 0.1) is 4.92 Å². The lowest BCUT2D eigenvalue weighted by atomic mass is 10.1. The van der Waals surface area contributed by atoms with Gasteiger partial charge in [-0.3, -0.25) is 10.1 Å². The quantitative estimate of drug-likeness (QED) is 0.433. The third-order valence-corrected chi connectivity index (χ3v) is 1.79. The number of nitrogens with two attached hydrogens (primary N) is 1. The molecule has 0 fully saturated rings. The lowest BCUT2D eigenvalue weighted by Gasteiger charge is -2.02. The average molecular weight is 184 g/mol. The van der Waals surface area contributed by atoms with Crippen molar-refractivity contribution in [3.05, 3.63) is 33.6 Å². The van der Waals surface area contributed by atoms with Gasteiger partial charge in [-0.1, -0.05) is 6.92 Å². The van der Waals surface area contributed by atoms with E-state index in [0.717, 1.165) is 12.1 Å². The maximum Gasteiger partial charge on any atom is 0.306 e. The van der Waals surface area contributed by atoms with Gasteiger partial charge in [0.25, 0.3) is 0 Å². The van der Waals surface area contributed by atoms with Crippen LogP contribution in [0.15, 0.2) is 12.1 Å². The van der Waals surface area contributed by atoms with E-state index in [1.807, 2.05) is 0 Å². The lowest BCUT2D eigenvalue weighted by molar-refractivity contribution is -0.387. The van der Waals surface area contributed by atoms with E-state index in [1.54, 1.807) is 6.92 Å². The highest BCUT2D eigenvalue weighted by Crippen LogP contribution is 2.24. The maximum atomic E-state index is 13.0. The molecule has 1 aromatic carbocycles. The van der Waals surface area contributed by atoms with Crippen molar-refractivity contribution < 1.29 is 9.31 Å². The molecule has 4 nitrogen and oxygen atoms in total. The number of anilines is 1. The molecule has 0 aromatic heterocycles. The molecule has 0 aliphatic carbocycles. The van der Waals surface area contributed by atoms with Gasteiger partial charge in [-0.15, -0.1) is 0 Å². The summed E-state index contributed by atoms with van der Waals surface area (Å²) in [4.78, 5) is 9.50. The summed E-state index contributed by atoms with van der Waals surface area (Å²) in [6.07, 6.45) is 0.556. The first-order valence-corrected chi connectivity index (χ1v) is 3.78. The second kappa shape index (κ2) is 3.38. The van der Waals surface area contributed by atoms with E-state index in [9.17, 15) is 14.5 Å². The molecule has 0 aliphatic rings. The molecule has 0 heterocycles. The van der Waals surface area contributed by atoms with E-state index in [0.29, 0.717) is 12.0 Å². The van der Waals surface area contributed by atoms with E-state index in [1.165, 1.54) is 0 Å². The molecule has 0 saturated heterocycles. The molecule has 2 N–H and O–H groups in total. The molecular formula is C8H9FN2O2. The second-order valence-corrected chi connectivity index (χ2v) is 2.61. The van der Waals surface area contributed by atoms with Gasteiger partial charge in [0.15, 0.2) is 0 Å². The van der Waals surface area contributed by atoms with Crippen molar-refractivity contribution in [2.75, 3.05) is 5.73 Å². The molecule has 70 valence electrons. The third-order valence-electron chi connectivity index (χ3n) is 1.79. The van der Waals surface area contributed by atoms with Crippen molar-refractivity contribution in [3.63, 3.8) is 0 Å². The molecule has 1 rings (SSSR count). The van der Waals surface area contributed by atoms with Gasteiger partial charge in [-0.25, -0.2) is 0 Å². The fourth-order valence-electron chi connectivity index (χ4n) is 1.07. The van der Waals surface area contributed by atoms with Crippen LogP contribution in [0.1, 0.15) is 12.5 Å². The molecule has 0 saturated carbocycles. The van der Waals surface area contributed by atoms with Gasteiger partial charge >= 0.3 is 5.69 Å². The van der Waals surface area contributed by atoms with Crippen LogP contribution in [0.5, 0.6) is 0 Å². The van der Waals surface area contributed by atoms with Crippen LogP contribution in [0.4, 0.5) is 15.8 Å². The molecule has 0 atom stereocenters. The van der Waals surface area contributed by atoms with Crippen LogP contribution in [0.2, 0.25) is 0 Å². The number of nitro benzene ring substituents is 1. The standard InChI is InChI=1S/C8H9FN2O2/c1-2-5-3-6(9)8(11(12)13)4-7(5)10/h3-4H,2,10H2,1H3. The Labute approximate surface area is 74.3 Å². The molecular weight excluding hydrogens is 175 g/mol. The van der Waals surface area contributed by atoms with Gasteiger partial charge in [-0.2, -0.15) is 4.39 Å². The first-order valence-electron chi connectivity index (χ1n) is 3.78. The first-order chi connectivity index (χ1) is 6.06. The van der Waals surface area contributed by atoms with Gasteiger partial charge < -0.3 is 5.73 Å². The minimum atomic E-state index is -0.837. The van der Waals surface area contributed by atoms with Crippen molar-refractivity contribution in [2.24, 2.45) is 0 Å². The van der Waals surface area contributed by atoms with Crippen LogP contribution in [0, 0.1) is 15.9 Å². The van der Waals surface area contributed by atoms with Crippen molar-refractivity contribution in [1.82, 2.24) is 0 Å². The molecule has 5 heteroatoms. The van der Waals surface area contributed by atoms with Gasteiger partial charge in [0.2, 0.25) is 5.82 Å². The van der Waals surface area contributed by atoms with E-state index in [2.05, 4.69) is 0 Å².